The maximum absolute atomic E-state index is 10.9. The standard InChI is InChI=1S/C12H12O3/c1-2-4-8-5-3-6-9-10(12(13)14)7-15-11(8)9/h3,5-7H,2,4H2,1H3,(H,13,14). The number of carboxylic acids is 1. The molecule has 1 aromatic carbocycles. The molecule has 0 aliphatic rings. The molecule has 78 valence electrons. The van der Waals surface area contributed by atoms with Crippen LogP contribution in [0.2, 0.25) is 0 Å². The zero-order valence-corrected chi connectivity index (χ0v) is 8.49. The molecule has 0 atom stereocenters. The number of aryl methyl sites for hydroxylation is 1. The van der Waals surface area contributed by atoms with Gasteiger partial charge in [0, 0.05) is 5.39 Å². The summed E-state index contributed by atoms with van der Waals surface area (Å²) in [4.78, 5) is 10.9. The highest BCUT2D eigenvalue weighted by Crippen LogP contribution is 2.25. The molecule has 2 aromatic rings. The van der Waals surface area contributed by atoms with Crippen molar-refractivity contribution in [1.29, 1.82) is 0 Å². The second kappa shape index (κ2) is 3.77. The summed E-state index contributed by atoms with van der Waals surface area (Å²) >= 11 is 0. The van der Waals surface area contributed by atoms with Crippen molar-refractivity contribution < 1.29 is 14.3 Å². The summed E-state index contributed by atoms with van der Waals surface area (Å²) in [6.45, 7) is 2.08. The van der Waals surface area contributed by atoms with Crippen LogP contribution >= 0.6 is 0 Å². The van der Waals surface area contributed by atoms with Crippen molar-refractivity contribution in [3.63, 3.8) is 0 Å². The zero-order chi connectivity index (χ0) is 10.8. The average molecular weight is 204 g/mol. The van der Waals surface area contributed by atoms with E-state index >= 15 is 0 Å². The Bertz CT molecular complexity index is 497. The Morgan fingerprint density at radius 1 is 1.47 bits per heavy atom. The molecule has 0 saturated heterocycles. The molecule has 0 unspecified atom stereocenters. The van der Waals surface area contributed by atoms with Crippen molar-refractivity contribution in [3.8, 4) is 0 Å². The molecule has 1 heterocycles. The van der Waals surface area contributed by atoms with E-state index in [2.05, 4.69) is 6.92 Å². The van der Waals surface area contributed by atoms with Crippen LogP contribution in [0.4, 0.5) is 0 Å². The first-order chi connectivity index (χ1) is 7.24. The maximum Gasteiger partial charge on any atom is 0.339 e. The molecule has 0 amide bonds. The van der Waals surface area contributed by atoms with E-state index in [1.807, 2.05) is 12.1 Å². The molecule has 0 fully saturated rings. The maximum atomic E-state index is 10.9. The third kappa shape index (κ3) is 1.61. The van der Waals surface area contributed by atoms with E-state index in [1.54, 1.807) is 6.07 Å². The van der Waals surface area contributed by atoms with Crippen molar-refractivity contribution in [2.45, 2.75) is 19.8 Å². The first-order valence-electron chi connectivity index (χ1n) is 4.96. The molecule has 1 aromatic heterocycles. The molecule has 3 nitrogen and oxygen atoms in total. The molecule has 0 aliphatic heterocycles. The topological polar surface area (TPSA) is 50.4 Å². The van der Waals surface area contributed by atoms with Gasteiger partial charge < -0.3 is 9.52 Å². The van der Waals surface area contributed by atoms with Crippen molar-refractivity contribution in [2.75, 3.05) is 0 Å². The number of fused-ring (bicyclic) bond motifs is 1. The molecule has 0 radical (unpaired) electrons. The van der Waals surface area contributed by atoms with E-state index in [0.717, 1.165) is 18.4 Å². The Morgan fingerprint density at radius 2 is 2.27 bits per heavy atom. The van der Waals surface area contributed by atoms with Gasteiger partial charge in [0.15, 0.2) is 0 Å². The van der Waals surface area contributed by atoms with Crippen LogP contribution in [0.15, 0.2) is 28.9 Å². The SMILES string of the molecule is CCCc1cccc2c(C(=O)O)coc12. The lowest BCUT2D eigenvalue weighted by molar-refractivity contribution is 0.0698. The van der Waals surface area contributed by atoms with Crippen molar-refractivity contribution in [2.24, 2.45) is 0 Å². The monoisotopic (exact) mass is 204 g/mol. The van der Waals surface area contributed by atoms with Crippen LogP contribution in [0.25, 0.3) is 11.0 Å². The number of carboxylic acid groups (broad SMARTS) is 1. The van der Waals surface area contributed by atoms with Crippen molar-refractivity contribution in [3.05, 3.63) is 35.6 Å². The van der Waals surface area contributed by atoms with Crippen LogP contribution in [0.5, 0.6) is 0 Å². The minimum atomic E-state index is -0.942. The predicted octanol–water partition coefficient (Wildman–Crippen LogP) is 3.08. The fourth-order valence-corrected chi connectivity index (χ4v) is 1.75. The summed E-state index contributed by atoms with van der Waals surface area (Å²) < 4.78 is 5.31. The number of carbonyl (C=O) groups is 1. The predicted molar refractivity (Wildman–Crippen MR) is 57.2 cm³/mol. The smallest absolute Gasteiger partial charge is 0.339 e. The van der Waals surface area contributed by atoms with Crippen LogP contribution in [-0.4, -0.2) is 11.1 Å². The summed E-state index contributed by atoms with van der Waals surface area (Å²) in [6.07, 6.45) is 3.23. The minimum Gasteiger partial charge on any atom is -0.478 e. The van der Waals surface area contributed by atoms with Gasteiger partial charge in [-0.3, -0.25) is 0 Å². The molecule has 15 heavy (non-hydrogen) atoms. The number of hydrogen-bond donors (Lipinski definition) is 1. The van der Waals surface area contributed by atoms with Gasteiger partial charge in [-0.15, -0.1) is 0 Å². The summed E-state index contributed by atoms with van der Waals surface area (Å²) in [5.41, 5.74) is 2.02. The number of aromatic carboxylic acids is 1. The Balaban J connectivity index is 2.63. The third-order valence-corrected chi connectivity index (χ3v) is 2.43. The molecule has 3 heteroatoms. The van der Waals surface area contributed by atoms with Crippen molar-refractivity contribution >= 4 is 16.9 Å². The van der Waals surface area contributed by atoms with Crippen LogP contribution in [0.1, 0.15) is 29.3 Å². The third-order valence-electron chi connectivity index (χ3n) is 2.43. The first-order valence-corrected chi connectivity index (χ1v) is 4.96. The summed E-state index contributed by atoms with van der Waals surface area (Å²) in [7, 11) is 0. The normalized spacial score (nSPS) is 10.7. The van der Waals surface area contributed by atoms with Gasteiger partial charge in [-0.1, -0.05) is 31.5 Å². The molecular weight excluding hydrogens is 192 g/mol. The summed E-state index contributed by atoms with van der Waals surface area (Å²) in [5, 5.41) is 9.62. The summed E-state index contributed by atoms with van der Waals surface area (Å²) in [6, 6.07) is 5.62. The lowest BCUT2D eigenvalue weighted by Gasteiger charge is -1.98. The van der Waals surface area contributed by atoms with Crippen LogP contribution in [-0.2, 0) is 6.42 Å². The van der Waals surface area contributed by atoms with E-state index in [1.165, 1.54) is 6.26 Å². The Morgan fingerprint density at radius 3 is 2.93 bits per heavy atom. The molecule has 1 N–H and O–H groups in total. The van der Waals surface area contributed by atoms with Crippen LogP contribution in [0, 0.1) is 0 Å². The van der Waals surface area contributed by atoms with E-state index in [0.29, 0.717) is 11.0 Å². The lowest BCUT2D eigenvalue weighted by Crippen LogP contribution is -1.93. The minimum absolute atomic E-state index is 0.239. The highest BCUT2D eigenvalue weighted by atomic mass is 16.4. The molecule has 2 rings (SSSR count). The highest BCUT2D eigenvalue weighted by molar-refractivity contribution is 6.02. The molecule has 0 bridgehead atoms. The Hall–Kier alpha value is -1.77. The van der Waals surface area contributed by atoms with E-state index in [-0.39, 0.29) is 5.56 Å². The number of hydrogen-bond acceptors (Lipinski definition) is 2. The molecular formula is C12H12O3. The summed E-state index contributed by atoms with van der Waals surface area (Å²) in [5.74, 6) is -0.942. The van der Waals surface area contributed by atoms with Gasteiger partial charge in [0.2, 0.25) is 0 Å². The highest BCUT2D eigenvalue weighted by Gasteiger charge is 2.13. The van der Waals surface area contributed by atoms with Gasteiger partial charge in [0.1, 0.15) is 17.4 Å². The van der Waals surface area contributed by atoms with E-state index < -0.39 is 5.97 Å². The van der Waals surface area contributed by atoms with E-state index in [9.17, 15) is 4.79 Å². The van der Waals surface area contributed by atoms with Crippen LogP contribution in [0.3, 0.4) is 0 Å². The largest absolute Gasteiger partial charge is 0.478 e. The number of rotatable bonds is 3. The van der Waals surface area contributed by atoms with Crippen LogP contribution < -0.4 is 0 Å². The quantitative estimate of drug-likeness (QED) is 0.835. The zero-order valence-electron chi connectivity index (χ0n) is 8.49. The van der Waals surface area contributed by atoms with Gasteiger partial charge in [-0.2, -0.15) is 0 Å². The van der Waals surface area contributed by atoms with Gasteiger partial charge in [0.05, 0.1) is 0 Å². The Labute approximate surface area is 87.3 Å². The average Bonchev–Trinajstić information content (AvgIpc) is 2.62. The second-order valence-electron chi connectivity index (χ2n) is 3.50. The first kappa shape index (κ1) is 9.77. The second-order valence-corrected chi connectivity index (χ2v) is 3.50. The van der Waals surface area contributed by atoms with Gasteiger partial charge in [0.25, 0.3) is 0 Å². The lowest BCUT2D eigenvalue weighted by atomic mass is 10.1. The number of para-hydroxylation sites is 1. The molecule has 0 spiro atoms. The fraction of sp³-hybridized carbons (Fsp3) is 0.250. The fourth-order valence-electron chi connectivity index (χ4n) is 1.75. The van der Waals surface area contributed by atoms with E-state index in [4.69, 9.17) is 9.52 Å². The van der Waals surface area contributed by atoms with Crippen molar-refractivity contribution in [1.82, 2.24) is 0 Å². The van der Waals surface area contributed by atoms with Gasteiger partial charge in [-0.05, 0) is 12.0 Å². The van der Waals surface area contributed by atoms with Gasteiger partial charge >= 0.3 is 5.97 Å². The number of furan rings is 1. The Kier molecular flexibility index (Phi) is 2.46. The van der Waals surface area contributed by atoms with Gasteiger partial charge in [-0.25, -0.2) is 4.79 Å². The number of benzene rings is 1. The molecule has 0 aliphatic carbocycles. The molecule has 0 saturated carbocycles.